The molecule has 13 heteroatoms. The number of hydrogen-bond donors (Lipinski definition) is 2. The van der Waals surface area contributed by atoms with E-state index in [0.29, 0.717) is 27.8 Å². The van der Waals surface area contributed by atoms with Gasteiger partial charge in [0, 0.05) is 10.7 Å². The number of halogens is 2. The molecule has 0 saturated carbocycles. The second kappa shape index (κ2) is 14.5. The van der Waals surface area contributed by atoms with E-state index in [2.05, 4.69) is 15.8 Å². The third kappa shape index (κ3) is 8.71. The molecule has 0 radical (unpaired) electrons. The highest BCUT2D eigenvalue weighted by atomic mass is 35.5. The molecule has 0 fully saturated rings. The number of carbonyl (C=O) groups is 2. The fraction of sp³-hybridized carbons (Fsp3) is 0.100. The molecule has 222 valence electrons. The first-order chi connectivity index (χ1) is 20.7. The summed E-state index contributed by atoms with van der Waals surface area (Å²) in [7, 11) is -2.59. The molecular weight excluding hydrogens is 615 g/mol. The Kier molecular flexibility index (Phi) is 10.6. The third-order valence-corrected chi connectivity index (χ3v) is 8.14. The lowest BCUT2D eigenvalue weighted by molar-refractivity contribution is -0.119. The summed E-state index contributed by atoms with van der Waals surface area (Å²) in [5.74, 6) is 0.0947. The van der Waals surface area contributed by atoms with Gasteiger partial charge in [0.15, 0.2) is 6.61 Å². The summed E-state index contributed by atoms with van der Waals surface area (Å²) in [6.07, 6.45) is 1.38. The molecule has 0 saturated heterocycles. The van der Waals surface area contributed by atoms with Crippen molar-refractivity contribution in [2.24, 2.45) is 5.10 Å². The molecule has 0 aliphatic carbocycles. The highest BCUT2D eigenvalue weighted by molar-refractivity contribution is 7.92. The van der Waals surface area contributed by atoms with Crippen LogP contribution in [0.25, 0.3) is 0 Å². The fourth-order valence-electron chi connectivity index (χ4n) is 3.72. The van der Waals surface area contributed by atoms with Gasteiger partial charge in [-0.3, -0.25) is 13.9 Å². The molecule has 43 heavy (non-hydrogen) atoms. The smallest absolute Gasteiger partial charge is 0.264 e. The van der Waals surface area contributed by atoms with Crippen molar-refractivity contribution in [3.8, 4) is 11.5 Å². The molecule has 0 aliphatic rings. The van der Waals surface area contributed by atoms with Crippen molar-refractivity contribution in [1.82, 2.24) is 5.43 Å². The monoisotopic (exact) mass is 640 g/mol. The largest absolute Gasteiger partial charge is 0.497 e. The second-order valence-electron chi connectivity index (χ2n) is 8.85. The van der Waals surface area contributed by atoms with E-state index < -0.39 is 22.5 Å². The molecule has 10 nitrogen and oxygen atoms in total. The number of amides is 2. The van der Waals surface area contributed by atoms with Crippen molar-refractivity contribution in [3.63, 3.8) is 0 Å². The number of nitrogens with one attached hydrogen (secondary N) is 2. The molecule has 4 aromatic carbocycles. The summed E-state index contributed by atoms with van der Waals surface area (Å²) < 4.78 is 38.3. The van der Waals surface area contributed by atoms with E-state index in [-0.39, 0.29) is 28.1 Å². The SMILES string of the molecule is COc1ccc(NC(=O)COc2ccc(/C=N\NC(=O)CN(c3ccc(Cl)cc3Cl)S(=O)(=O)c3ccccc3)cc2)cc1. The Bertz CT molecular complexity index is 1700. The molecule has 0 spiro atoms. The summed E-state index contributed by atoms with van der Waals surface area (Å²) in [5, 5.41) is 7.03. The Morgan fingerprint density at radius 3 is 2.21 bits per heavy atom. The fourth-order valence-corrected chi connectivity index (χ4v) is 5.74. The van der Waals surface area contributed by atoms with E-state index in [4.69, 9.17) is 32.7 Å². The summed E-state index contributed by atoms with van der Waals surface area (Å²) in [6, 6.07) is 25.5. The van der Waals surface area contributed by atoms with E-state index in [1.54, 1.807) is 73.8 Å². The van der Waals surface area contributed by atoms with Crippen LogP contribution in [0.15, 0.2) is 107 Å². The van der Waals surface area contributed by atoms with Crippen molar-refractivity contribution >= 4 is 62.6 Å². The molecule has 0 aromatic heterocycles. The van der Waals surface area contributed by atoms with Gasteiger partial charge in [-0.25, -0.2) is 13.8 Å². The topological polar surface area (TPSA) is 126 Å². The molecule has 2 amide bonds. The summed E-state index contributed by atoms with van der Waals surface area (Å²) >= 11 is 12.3. The van der Waals surface area contributed by atoms with Crippen molar-refractivity contribution in [1.29, 1.82) is 0 Å². The molecule has 4 rings (SSSR count). The Labute approximate surface area is 258 Å². The normalized spacial score (nSPS) is 11.1. The van der Waals surface area contributed by atoms with Gasteiger partial charge in [-0.15, -0.1) is 0 Å². The van der Waals surface area contributed by atoms with Gasteiger partial charge in [0.2, 0.25) is 0 Å². The van der Waals surface area contributed by atoms with Crippen LogP contribution in [0.1, 0.15) is 5.56 Å². The van der Waals surface area contributed by atoms with Crippen LogP contribution in [0.3, 0.4) is 0 Å². The van der Waals surface area contributed by atoms with Crippen LogP contribution in [0.4, 0.5) is 11.4 Å². The quantitative estimate of drug-likeness (QED) is 0.158. The number of hydrazone groups is 1. The van der Waals surface area contributed by atoms with Crippen LogP contribution in [0.2, 0.25) is 10.0 Å². The van der Waals surface area contributed by atoms with E-state index in [1.807, 2.05) is 0 Å². The van der Waals surface area contributed by atoms with Gasteiger partial charge >= 0.3 is 0 Å². The van der Waals surface area contributed by atoms with E-state index in [1.165, 1.54) is 36.5 Å². The van der Waals surface area contributed by atoms with Crippen LogP contribution in [0, 0.1) is 0 Å². The number of rotatable bonds is 12. The summed E-state index contributed by atoms with van der Waals surface area (Å²) in [5.41, 5.74) is 3.65. The lowest BCUT2D eigenvalue weighted by Crippen LogP contribution is -2.39. The minimum Gasteiger partial charge on any atom is -0.497 e. The standard InChI is InChI=1S/C30H26Cl2N4O6S/c1-41-24-14-10-23(11-15-24)34-30(38)20-42-25-12-7-21(8-13-25)18-33-35-29(37)19-36(28-16-9-22(31)17-27(28)32)43(39,40)26-5-3-2-4-6-26/h2-18H,19-20H2,1H3,(H,34,38)(H,35,37)/b33-18-. The predicted octanol–water partition coefficient (Wildman–Crippen LogP) is 5.37. The first kappa shape index (κ1) is 31.4. The van der Waals surface area contributed by atoms with E-state index in [9.17, 15) is 18.0 Å². The van der Waals surface area contributed by atoms with E-state index in [0.717, 1.165) is 4.31 Å². The van der Waals surface area contributed by atoms with Crippen LogP contribution in [-0.4, -0.2) is 46.7 Å². The summed E-state index contributed by atoms with van der Waals surface area (Å²) in [6.45, 7) is -0.795. The maximum absolute atomic E-state index is 13.4. The van der Waals surface area contributed by atoms with Crippen molar-refractivity contribution < 1.29 is 27.5 Å². The Hall–Kier alpha value is -4.58. The molecule has 0 bridgehead atoms. The first-order valence-electron chi connectivity index (χ1n) is 12.7. The van der Waals surface area contributed by atoms with Gasteiger partial charge in [0.1, 0.15) is 18.0 Å². The Morgan fingerprint density at radius 1 is 0.884 bits per heavy atom. The van der Waals surface area contributed by atoms with Gasteiger partial charge in [-0.2, -0.15) is 5.10 Å². The summed E-state index contributed by atoms with van der Waals surface area (Å²) in [4.78, 5) is 24.9. The molecule has 0 unspecified atom stereocenters. The minimum absolute atomic E-state index is 0.0159. The zero-order valence-corrected chi connectivity index (χ0v) is 25.1. The van der Waals surface area contributed by atoms with Crippen molar-refractivity contribution in [3.05, 3.63) is 113 Å². The van der Waals surface area contributed by atoms with Crippen molar-refractivity contribution in [2.75, 3.05) is 29.9 Å². The maximum Gasteiger partial charge on any atom is 0.264 e. The number of methoxy groups -OCH3 is 1. The van der Waals surface area contributed by atoms with Gasteiger partial charge in [0.25, 0.3) is 21.8 Å². The molecule has 0 aliphatic heterocycles. The Balaban J connectivity index is 1.34. The average molecular weight is 642 g/mol. The van der Waals surface area contributed by atoms with Crippen molar-refractivity contribution in [2.45, 2.75) is 4.90 Å². The number of hydrogen-bond acceptors (Lipinski definition) is 7. The second-order valence-corrected chi connectivity index (χ2v) is 11.6. The van der Waals surface area contributed by atoms with Crippen LogP contribution >= 0.6 is 23.2 Å². The minimum atomic E-state index is -4.15. The van der Waals surface area contributed by atoms with Crippen LogP contribution in [-0.2, 0) is 19.6 Å². The first-order valence-corrected chi connectivity index (χ1v) is 14.9. The Morgan fingerprint density at radius 2 is 1.56 bits per heavy atom. The van der Waals surface area contributed by atoms with Gasteiger partial charge < -0.3 is 14.8 Å². The average Bonchev–Trinajstić information content (AvgIpc) is 3.00. The number of carbonyl (C=O) groups excluding carboxylic acids is 2. The lowest BCUT2D eigenvalue weighted by Gasteiger charge is -2.24. The van der Waals surface area contributed by atoms with Gasteiger partial charge in [-0.05, 0) is 84.4 Å². The van der Waals surface area contributed by atoms with E-state index >= 15 is 0 Å². The molecular formula is C30H26Cl2N4O6S. The van der Waals surface area contributed by atoms with Crippen LogP contribution < -0.4 is 24.5 Å². The molecule has 2 N–H and O–H groups in total. The predicted molar refractivity (Wildman–Crippen MR) is 167 cm³/mol. The number of ether oxygens (including phenoxy) is 2. The third-order valence-electron chi connectivity index (χ3n) is 5.82. The zero-order chi connectivity index (χ0) is 30.8. The number of nitrogens with zero attached hydrogens (tertiary/aromatic N) is 2. The van der Waals surface area contributed by atoms with Gasteiger partial charge in [-0.1, -0.05) is 41.4 Å². The maximum atomic E-state index is 13.4. The highest BCUT2D eigenvalue weighted by Crippen LogP contribution is 2.32. The highest BCUT2D eigenvalue weighted by Gasteiger charge is 2.28. The molecule has 0 heterocycles. The zero-order valence-electron chi connectivity index (χ0n) is 22.7. The molecule has 0 atom stereocenters. The van der Waals surface area contributed by atoms with Gasteiger partial charge in [0.05, 0.1) is 28.9 Å². The number of anilines is 2. The molecule has 4 aromatic rings. The van der Waals surface area contributed by atoms with Crippen LogP contribution in [0.5, 0.6) is 11.5 Å². The number of benzene rings is 4. The number of sulfonamides is 1. The lowest BCUT2D eigenvalue weighted by atomic mass is 10.2.